The van der Waals surface area contributed by atoms with Crippen molar-refractivity contribution in [2.24, 2.45) is 0 Å². The molecule has 36 heavy (non-hydrogen) atoms. The molecule has 3 N–H and O–H groups in total. The molecule has 5 rings (SSSR count). The lowest BCUT2D eigenvalue weighted by molar-refractivity contribution is 0.355. The molecule has 0 radical (unpaired) electrons. The number of nitrogens with two attached hydrogens (primary N) is 1. The van der Waals surface area contributed by atoms with Crippen LogP contribution in [0.25, 0.3) is 28.0 Å². The Morgan fingerprint density at radius 1 is 0.917 bits per heavy atom. The number of nitrogen functional groups attached to an aromatic ring is 1. The van der Waals surface area contributed by atoms with E-state index in [9.17, 15) is 4.39 Å². The Morgan fingerprint density at radius 2 is 1.67 bits per heavy atom. The second-order valence-corrected chi connectivity index (χ2v) is 8.10. The highest BCUT2D eigenvalue weighted by molar-refractivity contribution is 5.99. The predicted octanol–water partition coefficient (Wildman–Crippen LogP) is 4.88. The van der Waals surface area contributed by atoms with Crippen LogP contribution in [0.5, 0.6) is 11.5 Å². The lowest BCUT2D eigenvalue weighted by Gasteiger charge is -2.12. The monoisotopic (exact) mass is 484 g/mol. The summed E-state index contributed by atoms with van der Waals surface area (Å²) in [4.78, 5) is 9.43. The van der Waals surface area contributed by atoms with Gasteiger partial charge in [-0.15, -0.1) is 5.10 Å². The van der Waals surface area contributed by atoms with Gasteiger partial charge in [-0.25, -0.2) is 14.1 Å². The van der Waals surface area contributed by atoms with Crippen LogP contribution in [0.3, 0.4) is 0 Å². The van der Waals surface area contributed by atoms with Gasteiger partial charge < -0.3 is 20.5 Å². The molecule has 0 bridgehead atoms. The molecule has 0 saturated carbocycles. The molecule has 0 aliphatic carbocycles. The molecule has 0 spiro atoms. The summed E-state index contributed by atoms with van der Waals surface area (Å²) in [5.41, 5.74) is 10.1. The van der Waals surface area contributed by atoms with E-state index in [0.717, 1.165) is 12.0 Å². The van der Waals surface area contributed by atoms with Gasteiger partial charge in [0.05, 0.1) is 31.0 Å². The lowest BCUT2D eigenvalue weighted by Crippen LogP contribution is -2.09. The molecule has 0 fully saturated rings. The quantitative estimate of drug-likeness (QED) is 0.324. The summed E-state index contributed by atoms with van der Waals surface area (Å²) in [6, 6.07) is 21.6. The zero-order valence-corrected chi connectivity index (χ0v) is 19.9. The molecule has 0 unspecified atom stereocenters. The standard InChI is InChI=1S/C27H25FN6O2/c1-35-21-13-8-18(16-22(21)36-2)24-23-25(29)34(20-11-9-19(28)10-12-20)33-26(23)32-27(31-24)30-15-14-17-6-4-3-5-7-17/h3-13,16H,14-15,29H2,1-2H3,(H,30,32,33). The van der Waals surface area contributed by atoms with Crippen molar-refractivity contribution in [3.8, 4) is 28.4 Å². The van der Waals surface area contributed by atoms with Gasteiger partial charge in [0.1, 0.15) is 11.6 Å². The fourth-order valence-electron chi connectivity index (χ4n) is 4.03. The Kier molecular flexibility index (Phi) is 6.36. The molecular weight excluding hydrogens is 459 g/mol. The van der Waals surface area contributed by atoms with Gasteiger partial charge in [0, 0.05) is 12.1 Å². The number of hydrogen-bond acceptors (Lipinski definition) is 7. The molecule has 9 heteroatoms. The number of nitrogens with zero attached hydrogens (tertiary/aromatic N) is 4. The first-order valence-electron chi connectivity index (χ1n) is 11.4. The zero-order chi connectivity index (χ0) is 25.1. The maximum atomic E-state index is 13.5. The first kappa shape index (κ1) is 23.1. The fraction of sp³-hybridized carbons (Fsp3) is 0.148. The SMILES string of the molecule is COc1ccc(-c2nc(NCCc3ccccc3)nc3nn(-c4ccc(F)cc4)c(N)c23)cc1OC. The van der Waals surface area contributed by atoms with Crippen LogP contribution in [0.4, 0.5) is 16.2 Å². The van der Waals surface area contributed by atoms with E-state index in [1.807, 2.05) is 36.4 Å². The smallest absolute Gasteiger partial charge is 0.225 e. The summed E-state index contributed by atoms with van der Waals surface area (Å²) < 4.78 is 25.9. The maximum absolute atomic E-state index is 13.5. The Morgan fingerprint density at radius 3 is 2.39 bits per heavy atom. The van der Waals surface area contributed by atoms with Crippen molar-refractivity contribution < 1.29 is 13.9 Å². The minimum atomic E-state index is -0.343. The number of methoxy groups -OCH3 is 2. The second kappa shape index (κ2) is 9.91. The first-order chi connectivity index (χ1) is 17.6. The summed E-state index contributed by atoms with van der Waals surface area (Å²) >= 11 is 0. The zero-order valence-electron chi connectivity index (χ0n) is 19.9. The molecule has 0 aliphatic rings. The van der Waals surface area contributed by atoms with Crippen LogP contribution in [0, 0.1) is 5.82 Å². The van der Waals surface area contributed by atoms with Crippen LogP contribution >= 0.6 is 0 Å². The second-order valence-electron chi connectivity index (χ2n) is 8.10. The van der Waals surface area contributed by atoms with E-state index in [1.54, 1.807) is 26.4 Å². The van der Waals surface area contributed by atoms with Crippen molar-refractivity contribution in [1.29, 1.82) is 0 Å². The molecule has 0 aliphatic heterocycles. The highest BCUT2D eigenvalue weighted by Crippen LogP contribution is 2.37. The third kappa shape index (κ3) is 4.50. The van der Waals surface area contributed by atoms with Crippen LogP contribution in [0.15, 0.2) is 72.8 Å². The molecule has 2 heterocycles. The maximum Gasteiger partial charge on any atom is 0.225 e. The summed E-state index contributed by atoms with van der Waals surface area (Å²) in [5.74, 6) is 1.58. The highest BCUT2D eigenvalue weighted by Gasteiger charge is 2.20. The highest BCUT2D eigenvalue weighted by atomic mass is 19.1. The van der Waals surface area contributed by atoms with Crippen molar-refractivity contribution in [1.82, 2.24) is 19.7 Å². The molecule has 8 nitrogen and oxygen atoms in total. The number of anilines is 2. The van der Waals surface area contributed by atoms with E-state index in [-0.39, 0.29) is 5.82 Å². The van der Waals surface area contributed by atoms with Crippen molar-refractivity contribution in [3.63, 3.8) is 0 Å². The molecule has 5 aromatic rings. The molecule has 0 atom stereocenters. The van der Waals surface area contributed by atoms with Crippen LogP contribution in [0.2, 0.25) is 0 Å². The van der Waals surface area contributed by atoms with Gasteiger partial charge in [-0.05, 0) is 54.4 Å². The number of fused-ring (bicyclic) bond motifs is 1. The molecule has 2 aromatic heterocycles. The van der Waals surface area contributed by atoms with Gasteiger partial charge in [-0.1, -0.05) is 30.3 Å². The van der Waals surface area contributed by atoms with Crippen LogP contribution < -0.4 is 20.5 Å². The largest absolute Gasteiger partial charge is 0.493 e. The Bertz CT molecular complexity index is 1500. The number of nitrogens with one attached hydrogen (secondary N) is 1. The summed E-state index contributed by atoms with van der Waals surface area (Å²) in [6.07, 6.45) is 0.806. The lowest BCUT2D eigenvalue weighted by atomic mass is 10.1. The van der Waals surface area contributed by atoms with Crippen molar-refractivity contribution in [3.05, 3.63) is 84.2 Å². The van der Waals surface area contributed by atoms with Gasteiger partial charge in [-0.3, -0.25) is 0 Å². The predicted molar refractivity (Wildman–Crippen MR) is 138 cm³/mol. The van der Waals surface area contributed by atoms with Crippen molar-refractivity contribution >= 4 is 22.8 Å². The van der Waals surface area contributed by atoms with Gasteiger partial charge in [0.25, 0.3) is 0 Å². The molecule has 0 saturated heterocycles. The Hall–Kier alpha value is -4.66. The van der Waals surface area contributed by atoms with Crippen LogP contribution in [0.1, 0.15) is 5.56 Å². The molecular formula is C27H25FN6O2. The number of rotatable bonds is 8. The topological polar surface area (TPSA) is 100 Å². The molecule has 182 valence electrons. The van der Waals surface area contributed by atoms with E-state index < -0.39 is 0 Å². The first-order valence-corrected chi connectivity index (χ1v) is 11.4. The number of aromatic nitrogens is 4. The number of benzene rings is 3. The van der Waals surface area contributed by atoms with E-state index in [1.165, 1.54) is 22.4 Å². The van der Waals surface area contributed by atoms with E-state index in [4.69, 9.17) is 20.2 Å². The van der Waals surface area contributed by atoms with E-state index >= 15 is 0 Å². The van der Waals surface area contributed by atoms with Gasteiger partial charge in [-0.2, -0.15) is 4.98 Å². The Balaban J connectivity index is 1.60. The van der Waals surface area contributed by atoms with Gasteiger partial charge in [0.2, 0.25) is 5.95 Å². The number of ether oxygens (including phenoxy) is 2. The fourth-order valence-corrected chi connectivity index (χ4v) is 4.03. The van der Waals surface area contributed by atoms with Gasteiger partial charge in [0.15, 0.2) is 17.1 Å². The minimum absolute atomic E-state index is 0.343. The van der Waals surface area contributed by atoms with Crippen LogP contribution in [-0.2, 0) is 6.42 Å². The Labute approximate surface area is 207 Å². The van der Waals surface area contributed by atoms with Crippen LogP contribution in [-0.4, -0.2) is 40.5 Å². The molecule has 3 aromatic carbocycles. The normalized spacial score (nSPS) is 11.0. The summed E-state index contributed by atoms with van der Waals surface area (Å²) in [7, 11) is 3.16. The van der Waals surface area contributed by atoms with E-state index in [2.05, 4.69) is 27.5 Å². The molecule has 0 amide bonds. The third-order valence-electron chi connectivity index (χ3n) is 5.84. The number of halogens is 1. The van der Waals surface area contributed by atoms with E-state index in [0.29, 0.717) is 52.2 Å². The number of hydrogen-bond donors (Lipinski definition) is 2. The summed E-state index contributed by atoms with van der Waals surface area (Å²) in [6.45, 7) is 0.634. The third-order valence-corrected chi connectivity index (χ3v) is 5.84. The average Bonchev–Trinajstić information content (AvgIpc) is 3.25. The summed E-state index contributed by atoms with van der Waals surface area (Å²) in [5, 5.41) is 8.51. The van der Waals surface area contributed by atoms with Crippen molar-refractivity contribution in [2.75, 3.05) is 31.8 Å². The average molecular weight is 485 g/mol. The van der Waals surface area contributed by atoms with Crippen molar-refractivity contribution in [2.45, 2.75) is 6.42 Å². The van der Waals surface area contributed by atoms with Gasteiger partial charge >= 0.3 is 0 Å². The minimum Gasteiger partial charge on any atom is -0.493 e.